The van der Waals surface area contributed by atoms with Crippen LogP contribution >= 0.6 is 0 Å². The van der Waals surface area contributed by atoms with Gasteiger partial charge in [0.25, 0.3) is 5.56 Å². The van der Waals surface area contributed by atoms with Gasteiger partial charge in [0.15, 0.2) is 0 Å². The zero-order chi connectivity index (χ0) is 18.9. The number of aromatic nitrogens is 4. The Morgan fingerprint density at radius 2 is 1.86 bits per heavy atom. The first-order chi connectivity index (χ1) is 13.8. The fourth-order valence-electron chi connectivity index (χ4n) is 4.13. The van der Waals surface area contributed by atoms with Crippen LogP contribution in [0.1, 0.15) is 18.5 Å². The predicted molar refractivity (Wildman–Crippen MR) is 109 cm³/mol. The van der Waals surface area contributed by atoms with Crippen LogP contribution in [0.5, 0.6) is 0 Å². The molecule has 0 amide bonds. The molecule has 0 bridgehead atoms. The molecule has 0 saturated carbocycles. The Bertz CT molecular complexity index is 1140. The number of imidazole rings is 1. The molecular weight excluding hydrogens is 350 g/mol. The third kappa shape index (κ3) is 3.31. The van der Waals surface area contributed by atoms with Crippen molar-refractivity contribution in [2.24, 2.45) is 5.92 Å². The molecule has 5 rings (SSSR count). The van der Waals surface area contributed by atoms with Crippen molar-refractivity contribution in [3.05, 3.63) is 77.2 Å². The molecule has 3 aromatic heterocycles. The molecule has 0 N–H and O–H groups in total. The first kappa shape index (κ1) is 17.1. The summed E-state index contributed by atoms with van der Waals surface area (Å²) < 4.78 is 3.85. The van der Waals surface area contributed by atoms with E-state index in [9.17, 15) is 4.79 Å². The molecule has 4 aromatic rings. The van der Waals surface area contributed by atoms with E-state index < -0.39 is 0 Å². The van der Waals surface area contributed by atoms with Gasteiger partial charge in [0.05, 0.1) is 22.9 Å². The van der Waals surface area contributed by atoms with Gasteiger partial charge in [-0.05, 0) is 56.1 Å². The van der Waals surface area contributed by atoms with Gasteiger partial charge in [0, 0.05) is 25.5 Å². The average Bonchev–Trinajstić information content (AvgIpc) is 3.14. The highest BCUT2D eigenvalue weighted by Gasteiger charge is 2.21. The second-order valence-corrected chi connectivity index (χ2v) is 7.64. The quantitative estimate of drug-likeness (QED) is 0.552. The minimum Gasteiger partial charge on any atom is -0.307 e. The van der Waals surface area contributed by atoms with Crippen molar-refractivity contribution >= 4 is 16.6 Å². The van der Waals surface area contributed by atoms with E-state index in [0.717, 1.165) is 55.9 Å². The largest absolute Gasteiger partial charge is 0.307 e. The molecule has 0 atom stereocenters. The van der Waals surface area contributed by atoms with Crippen LogP contribution in [0.4, 0.5) is 0 Å². The maximum absolute atomic E-state index is 12.7. The standard InChI is InChI=1S/C22H23N5O/c28-22-19-5-1-2-6-20(19)23-16-27(22)13-17-8-11-25(12-9-17)14-18-15-26-10-4-3-7-21(26)24-18/h1-7,10,15-17H,8-9,11-14H2. The minimum atomic E-state index is 0.0673. The van der Waals surface area contributed by atoms with Gasteiger partial charge in [-0.2, -0.15) is 0 Å². The van der Waals surface area contributed by atoms with Gasteiger partial charge in [-0.25, -0.2) is 9.97 Å². The van der Waals surface area contributed by atoms with Crippen molar-refractivity contribution in [3.63, 3.8) is 0 Å². The molecule has 1 saturated heterocycles. The SMILES string of the molecule is O=c1c2ccccc2ncn1CC1CCN(Cc2cn3ccccc3n2)CC1. The highest BCUT2D eigenvalue weighted by atomic mass is 16.1. The fourth-order valence-corrected chi connectivity index (χ4v) is 4.13. The summed E-state index contributed by atoms with van der Waals surface area (Å²) in [6, 6.07) is 13.6. The summed E-state index contributed by atoms with van der Waals surface area (Å²) in [5.74, 6) is 0.512. The van der Waals surface area contributed by atoms with Crippen molar-refractivity contribution < 1.29 is 0 Å². The maximum atomic E-state index is 12.7. The Morgan fingerprint density at radius 1 is 1.04 bits per heavy atom. The van der Waals surface area contributed by atoms with Crippen LogP contribution in [0.15, 0.2) is 66.0 Å². The molecule has 6 nitrogen and oxygen atoms in total. The summed E-state index contributed by atoms with van der Waals surface area (Å²) in [5.41, 5.74) is 2.94. The molecule has 142 valence electrons. The molecule has 1 fully saturated rings. The van der Waals surface area contributed by atoms with Crippen molar-refractivity contribution in [2.75, 3.05) is 13.1 Å². The number of rotatable bonds is 4. The van der Waals surface area contributed by atoms with Crippen molar-refractivity contribution in [2.45, 2.75) is 25.9 Å². The number of hydrogen-bond acceptors (Lipinski definition) is 4. The average molecular weight is 373 g/mol. The molecule has 28 heavy (non-hydrogen) atoms. The van der Waals surface area contributed by atoms with Gasteiger partial charge >= 0.3 is 0 Å². The zero-order valence-electron chi connectivity index (χ0n) is 15.7. The molecule has 0 aliphatic carbocycles. The number of piperidine rings is 1. The Balaban J connectivity index is 1.22. The number of likely N-dealkylation sites (tertiary alicyclic amines) is 1. The van der Waals surface area contributed by atoms with Crippen LogP contribution in [0.2, 0.25) is 0 Å². The monoisotopic (exact) mass is 373 g/mol. The summed E-state index contributed by atoms with van der Waals surface area (Å²) in [7, 11) is 0. The normalized spacial score (nSPS) is 16.1. The highest BCUT2D eigenvalue weighted by Crippen LogP contribution is 2.20. The summed E-state index contributed by atoms with van der Waals surface area (Å²) in [5, 5.41) is 0.703. The van der Waals surface area contributed by atoms with E-state index in [1.807, 2.05) is 48.7 Å². The van der Waals surface area contributed by atoms with Crippen LogP contribution in [0.3, 0.4) is 0 Å². The maximum Gasteiger partial charge on any atom is 0.261 e. The summed E-state index contributed by atoms with van der Waals surface area (Å²) in [4.78, 5) is 24.3. The molecule has 1 aromatic carbocycles. The third-order valence-corrected chi connectivity index (χ3v) is 5.69. The lowest BCUT2D eigenvalue weighted by Crippen LogP contribution is -2.36. The number of fused-ring (bicyclic) bond motifs is 2. The molecule has 1 aliphatic heterocycles. The molecular formula is C22H23N5O. The number of para-hydroxylation sites is 1. The second kappa shape index (κ2) is 7.20. The van der Waals surface area contributed by atoms with Gasteiger partial charge in [0.2, 0.25) is 0 Å². The van der Waals surface area contributed by atoms with Gasteiger partial charge in [-0.15, -0.1) is 0 Å². The summed E-state index contributed by atoms with van der Waals surface area (Å²) in [6.45, 7) is 3.70. The first-order valence-electron chi connectivity index (χ1n) is 9.85. The van der Waals surface area contributed by atoms with Gasteiger partial charge < -0.3 is 4.40 Å². The lowest BCUT2D eigenvalue weighted by molar-refractivity contribution is 0.165. The number of hydrogen-bond donors (Lipinski definition) is 0. The number of pyridine rings is 1. The summed E-state index contributed by atoms with van der Waals surface area (Å²) >= 11 is 0. The number of nitrogens with zero attached hydrogens (tertiary/aromatic N) is 5. The topological polar surface area (TPSA) is 55.4 Å². The molecule has 0 unspecified atom stereocenters. The van der Waals surface area contributed by atoms with Gasteiger partial charge in [-0.1, -0.05) is 18.2 Å². The molecule has 1 aliphatic rings. The van der Waals surface area contributed by atoms with Gasteiger partial charge in [-0.3, -0.25) is 14.3 Å². The first-order valence-corrected chi connectivity index (χ1v) is 9.85. The fraction of sp³-hybridized carbons (Fsp3) is 0.318. The molecule has 0 radical (unpaired) electrons. The van der Waals surface area contributed by atoms with Crippen LogP contribution in [-0.2, 0) is 13.1 Å². The lowest BCUT2D eigenvalue weighted by atomic mass is 9.96. The Morgan fingerprint density at radius 3 is 2.71 bits per heavy atom. The van der Waals surface area contributed by atoms with Crippen molar-refractivity contribution in [1.29, 1.82) is 0 Å². The molecule has 0 spiro atoms. The van der Waals surface area contributed by atoms with E-state index in [2.05, 4.69) is 20.5 Å². The van der Waals surface area contributed by atoms with Gasteiger partial charge in [0.1, 0.15) is 5.65 Å². The highest BCUT2D eigenvalue weighted by molar-refractivity contribution is 5.76. The van der Waals surface area contributed by atoms with Crippen LogP contribution < -0.4 is 5.56 Å². The van der Waals surface area contributed by atoms with E-state index in [1.165, 1.54) is 0 Å². The second-order valence-electron chi connectivity index (χ2n) is 7.64. The minimum absolute atomic E-state index is 0.0673. The van der Waals surface area contributed by atoms with Crippen molar-refractivity contribution in [1.82, 2.24) is 23.8 Å². The van der Waals surface area contributed by atoms with Crippen molar-refractivity contribution in [3.8, 4) is 0 Å². The van der Waals surface area contributed by atoms with E-state index in [-0.39, 0.29) is 5.56 Å². The predicted octanol–water partition coefficient (Wildman–Crippen LogP) is 2.96. The van der Waals surface area contributed by atoms with Crippen LogP contribution in [0.25, 0.3) is 16.6 Å². The third-order valence-electron chi connectivity index (χ3n) is 5.69. The summed E-state index contributed by atoms with van der Waals surface area (Å²) in [6.07, 6.45) is 8.03. The van der Waals surface area contributed by atoms with E-state index in [1.54, 1.807) is 10.9 Å². The Hall–Kier alpha value is -2.99. The van der Waals surface area contributed by atoms with E-state index in [0.29, 0.717) is 11.3 Å². The molecule has 4 heterocycles. The Labute approximate surface area is 163 Å². The van der Waals surface area contributed by atoms with E-state index >= 15 is 0 Å². The Kier molecular flexibility index (Phi) is 4.41. The van der Waals surface area contributed by atoms with Crippen LogP contribution in [-0.4, -0.2) is 36.9 Å². The lowest BCUT2D eigenvalue weighted by Gasteiger charge is -2.31. The smallest absolute Gasteiger partial charge is 0.261 e. The van der Waals surface area contributed by atoms with E-state index in [4.69, 9.17) is 4.98 Å². The molecule has 6 heteroatoms. The number of benzene rings is 1. The van der Waals surface area contributed by atoms with Crippen LogP contribution in [0, 0.1) is 5.92 Å². The zero-order valence-corrected chi connectivity index (χ0v) is 15.7.